The fourth-order valence-corrected chi connectivity index (χ4v) is 6.13. The van der Waals surface area contributed by atoms with Gasteiger partial charge in [0.1, 0.15) is 5.60 Å². The van der Waals surface area contributed by atoms with Gasteiger partial charge < -0.3 is 9.47 Å². The number of rotatable bonds is 2. The molecule has 2 saturated carbocycles. The lowest BCUT2D eigenvalue weighted by molar-refractivity contribution is -0.0177. The van der Waals surface area contributed by atoms with Gasteiger partial charge in [-0.3, -0.25) is 0 Å². The van der Waals surface area contributed by atoms with Crippen molar-refractivity contribution in [3.05, 3.63) is 48.0 Å². The van der Waals surface area contributed by atoms with Gasteiger partial charge in [-0.25, -0.2) is 0 Å². The second-order valence-corrected chi connectivity index (χ2v) is 8.81. The molecular weight excluding hydrogens is 296 g/mol. The smallest absolute Gasteiger partial charge is 0.226 e. The number of hydrogen-bond donors (Lipinski definition) is 0. The van der Waals surface area contributed by atoms with E-state index in [4.69, 9.17) is 9.47 Å². The molecular formula is C22H26O2. The molecule has 1 heterocycles. The molecule has 1 aliphatic heterocycles. The normalized spacial score (nSPS) is 42.1. The molecule has 2 bridgehead atoms. The highest BCUT2D eigenvalue weighted by Gasteiger charge is 2.87. The third-order valence-corrected chi connectivity index (χ3v) is 8.09. The largest absolute Gasteiger partial charge is 0.347 e. The molecule has 2 unspecified atom stereocenters. The highest BCUT2D eigenvalue weighted by atomic mass is 16.8. The Bertz CT molecular complexity index is 841. The molecule has 126 valence electrons. The summed E-state index contributed by atoms with van der Waals surface area (Å²) in [7, 11) is 1.81. The van der Waals surface area contributed by atoms with Crippen molar-refractivity contribution in [1.82, 2.24) is 0 Å². The molecule has 3 aliphatic rings. The average molecular weight is 322 g/mol. The maximum atomic E-state index is 6.59. The molecule has 2 heteroatoms. The van der Waals surface area contributed by atoms with Gasteiger partial charge in [-0.15, -0.1) is 0 Å². The first-order valence-corrected chi connectivity index (χ1v) is 9.15. The van der Waals surface area contributed by atoms with Gasteiger partial charge in [0.05, 0.1) is 0 Å². The van der Waals surface area contributed by atoms with Gasteiger partial charge in [0.2, 0.25) is 5.79 Å². The molecule has 1 spiro atoms. The first-order chi connectivity index (χ1) is 11.4. The van der Waals surface area contributed by atoms with E-state index in [2.05, 4.69) is 63.2 Å². The van der Waals surface area contributed by atoms with Crippen molar-refractivity contribution >= 4 is 10.8 Å². The minimum atomic E-state index is -0.571. The number of methoxy groups -OCH3 is 1. The monoisotopic (exact) mass is 322 g/mol. The van der Waals surface area contributed by atoms with Crippen LogP contribution in [0.3, 0.4) is 0 Å². The zero-order valence-electron chi connectivity index (χ0n) is 15.1. The van der Waals surface area contributed by atoms with Crippen molar-refractivity contribution in [2.75, 3.05) is 7.11 Å². The summed E-state index contributed by atoms with van der Waals surface area (Å²) in [4.78, 5) is 0. The van der Waals surface area contributed by atoms with Crippen LogP contribution in [0.5, 0.6) is 0 Å². The van der Waals surface area contributed by atoms with Crippen molar-refractivity contribution in [2.45, 2.75) is 51.4 Å². The van der Waals surface area contributed by atoms with Crippen LogP contribution in [0.2, 0.25) is 0 Å². The second kappa shape index (κ2) is 4.23. The van der Waals surface area contributed by atoms with Crippen molar-refractivity contribution in [2.24, 2.45) is 16.7 Å². The maximum Gasteiger partial charge on any atom is 0.226 e. The van der Waals surface area contributed by atoms with Gasteiger partial charge in [0.25, 0.3) is 0 Å². The number of fused-ring (bicyclic) bond motifs is 4. The molecule has 2 nitrogen and oxygen atoms in total. The third-order valence-electron chi connectivity index (χ3n) is 8.09. The highest BCUT2D eigenvalue weighted by molar-refractivity contribution is 5.83. The first-order valence-electron chi connectivity index (χ1n) is 9.15. The van der Waals surface area contributed by atoms with Gasteiger partial charge in [-0.05, 0) is 47.4 Å². The highest BCUT2D eigenvalue weighted by Crippen LogP contribution is 2.81. The summed E-state index contributed by atoms with van der Waals surface area (Å²) in [5, 5.41) is 2.52. The lowest BCUT2D eigenvalue weighted by Crippen LogP contribution is -2.43. The Morgan fingerprint density at radius 1 is 1.04 bits per heavy atom. The Morgan fingerprint density at radius 2 is 1.79 bits per heavy atom. The Hall–Kier alpha value is -1.38. The molecule has 4 atom stereocenters. The van der Waals surface area contributed by atoms with E-state index in [0.717, 1.165) is 12.3 Å². The minimum Gasteiger partial charge on any atom is -0.347 e. The van der Waals surface area contributed by atoms with Crippen molar-refractivity contribution < 1.29 is 9.47 Å². The minimum absolute atomic E-state index is 0.163. The fraction of sp³-hybridized carbons (Fsp3) is 0.545. The molecule has 2 aliphatic carbocycles. The predicted octanol–water partition coefficient (Wildman–Crippen LogP) is 5.25. The van der Waals surface area contributed by atoms with E-state index in [0.29, 0.717) is 5.41 Å². The second-order valence-electron chi connectivity index (χ2n) is 8.81. The molecule has 2 aromatic carbocycles. The Labute approximate surface area is 144 Å². The van der Waals surface area contributed by atoms with E-state index in [1.54, 1.807) is 0 Å². The van der Waals surface area contributed by atoms with E-state index in [-0.39, 0.29) is 11.0 Å². The van der Waals surface area contributed by atoms with E-state index in [9.17, 15) is 0 Å². The first kappa shape index (κ1) is 14.9. The quantitative estimate of drug-likeness (QED) is 0.704. The predicted molar refractivity (Wildman–Crippen MR) is 95.7 cm³/mol. The fourth-order valence-electron chi connectivity index (χ4n) is 6.13. The summed E-state index contributed by atoms with van der Waals surface area (Å²) in [5.74, 6) is 0.165. The SMILES string of the molecule is COC1(c2ccc3ccccc3c2)OC12C[C@@H]1CC[C@@]2(C)C1(C)C. The van der Waals surface area contributed by atoms with Gasteiger partial charge in [-0.2, -0.15) is 0 Å². The van der Waals surface area contributed by atoms with E-state index in [1.807, 2.05) is 7.11 Å². The maximum absolute atomic E-state index is 6.59. The van der Waals surface area contributed by atoms with Gasteiger partial charge in [0.15, 0.2) is 0 Å². The van der Waals surface area contributed by atoms with Crippen LogP contribution in [0.1, 0.15) is 45.6 Å². The zero-order valence-corrected chi connectivity index (χ0v) is 15.1. The third kappa shape index (κ3) is 1.39. The van der Waals surface area contributed by atoms with Crippen molar-refractivity contribution in [3.63, 3.8) is 0 Å². The van der Waals surface area contributed by atoms with E-state index in [1.165, 1.54) is 29.2 Å². The summed E-state index contributed by atoms with van der Waals surface area (Å²) in [5.41, 5.74) is 1.49. The van der Waals surface area contributed by atoms with Gasteiger partial charge in [-0.1, -0.05) is 57.2 Å². The standard InChI is InChI=1S/C22H26O2/c1-19(2)18-11-12-20(19,3)21(14-18)22(23-4,24-21)17-10-9-15-7-5-6-8-16(15)13-17/h5-10,13,18H,11-12,14H2,1-4H3/t18-,20-,21?,22?/m0/s1. The molecule has 0 aromatic heterocycles. The summed E-state index contributed by atoms with van der Waals surface area (Å²) in [6.45, 7) is 7.30. The Kier molecular flexibility index (Phi) is 2.63. The van der Waals surface area contributed by atoms with Crippen LogP contribution in [0.25, 0.3) is 10.8 Å². The van der Waals surface area contributed by atoms with Crippen LogP contribution in [0.15, 0.2) is 42.5 Å². The van der Waals surface area contributed by atoms with Crippen LogP contribution in [0, 0.1) is 16.7 Å². The number of hydrogen-bond acceptors (Lipinski definition) is 2. The van der Waals surface area contributed by atoms with Crippen LogP contribution in [-0.4, -0.2) is 12.7 Å². The molecule has 1 saturated heterocycles. The molecule has 3 fully saturated rings. The van der Waals surface area contributed by atoms with E-state index >= 15 is 0 Å². The van der Waals surface area contributed by atoms with Crippen LogP contribution in [-0.2, 0) is 15.3 Å². The molecule has 0 radical (unpaired) electrons. The lowest BCUT2D eigenvalue weighted by atomic mass is 9.64. The molecule has 24 heavy (non-hydrogen) atoms. The average Bonchev–Trinajstić information content (AvgIpc) is 3.15. The summed E-state index contributed by atoms with van der Waals surface area (Å²) < 4.78 is 12.7. The Morgan fingerprint density at radius 3 is 2.42 bits per heavy atom. The summed E-state index contributed by atoms with van der Waals surface area (Å²) in [6.07, 6.45) is 3.69. The van der Waals surface area contributed by atoms with Crippen LogP contribution >= 0.6 is 0 Å². The van der Waals surface area contributed by atoms with Crippen molar-refractivity contribution in [3.8, 4) is 0 Å². The van der Waals surface area contributed by atoms with Gasteiger partial charge in [0, 0.05) is 18.1 Å². The Balaban J connectivity index is 1.65. The van der Waals surface area contributed by atoms with Crippen molar-refractivity contribution in [1.29, 1.82) is 0 Å². The summed E-state index contributed by atoms with van der Waals surface area (Å²) in [6, 6.07) is 15.2. The molecule has 2 aromatic rings. The molecule has 0 N–H and O–H groups in total. The number of benzene rings is 2. The van der Waals surface area contributed by atoms with E-state index < -0.39 is 5.79 Å². The zero-order chi connectivity index (χ0) is 16.8. The topological polar surface area (TPSA) is 21.8 Å². The molecule has 0 amide bonds. The van der Waals surface area contributed by atoms with Crippen LogP contribution in [0.4, 0.5) is 0 Å². The number of epoxide rings is 1. The molecule has 5 rings (SSSR count). The summed E-state index contributed by atoms with van der Waals surface area (Å²) >= 11 is 0. The van der Waals surface area contributed by atoms with Crippen LogP contribution < -0.4 is 0 Å². The number of ether oxygens (including phenoxy) is 2. The van der Waals surface area contributed by atoms with Gasteiger partial charge >= 0.3 is 0 Å². The lowest BCUT2D eigenvalue weighted by Gasteiger charge is -2.39.